The lowest BCUT2D eigenvalue weighted by atomic mass is 10.0. The highest BCUT2D eigenvalue weighted by molar-refractivity contribution is 6.31. The molecule has 2 atom stereocenters. The third kappa shape index (κ3) is 4.04. The molecule has 0 radical (unpaired) electrons. The summed E-state index contributed by atoms with van der Waals surface area (Å²) in [6.07, 6.45) is 3.70. The number of carbonyl (C=O) groups excluding carboxylic acids is 1. The van der Waals surface area contributed by atoms with Gasteiger partial charge in [0.05, 0.1) is 27.5 Å². The fourth-order valence-corrected chi connectivity index (χ4v) is 4.62. The number of benzene rings is 2. The molecule has 0 bridgehead atoms. The third-order valence-corrected chi connectivity index (χ3v) is 6.48. The predicted molar refractivity (Wildman–Crippen MR) is 128 cm³/mol. The van der Waals surface area contributed by atoms with E-state index in [-0.39, 0.29) is 22.0 Å². The molecule has 166 valence electrons. The quantitative estimate of drug-likeness (QED) is 0.439. The fraction of sp³-hybridized carbons (Fsp3) is 0.240. The minimum atomic E-state index is -0.576. The summed E-state index contributed by atoms with van der Waals surface area (Å²) in [7, 11) is 2.11. The number of carbonyl (C=O) groups is 1. The number of piperidine rings is 1. The molecule has 1 aromatic heterocycles. The van der Waals surface area contributed by atoms with Gasteiger partial charge in [0.25, 0.3) is 0 Å². The highest BCUT2D eigenvalue weighted by Crippen LogP contribution is 2.56. The molecule has 6 nitrogen and oxygen atoms in total. The number of fused-ring (bicyclic) bond motifs is 2. The van der Waals surface area contributed by atoms with Gasteiger partial charge in [0.2, 0.25) is 5.91 Å². The summed E-state index contributed by atoms with van der Waals surface area (Å²) in [6.45, 7) is 5.55. The molecule has 33 heavy (non-hydrogen) atoms. The van der Waals surface area contributed by atoms with Gasteiger partial charge >= 0.3 is 0 Å². The van der Waals surface area contributed by atoms with Gasteiger partial charge in [-0.1, -0.05) is 36.1 Å². The Bertz CT molecular complexity index is 1360. The lowest BCUT2D eigenvalue weighted by Crippen LogP contribution is -2.19. The van der Waals surface area contributed by atoms with E-state index < -0.39 is 5.82 Å². The maximum atomic E-state index is 14.4. The Morgan fingerprint density at radius 3 is 2.97 bits per heavy atom. The van der Waals surface area contributed by atoms with E-state index in [1.54, 1.807) is 18.2 Å². The fourth-order valence-electron chi connectivity index (χ4n) is 4.44. The summed E-state index contributed by atoms with van der Waals surface area (Å²) in [5, 5.41) is 6.41. The molecule has 5 rings (SSSR count). The molecule has 2 aromatic carbocycles. The first-order valence-electron chi connectivity index (χ1n) is 10.5. The normalized spacial score (nSPS) is 21.1. The van der Waals surface area contributed by atoms with Crippen LogP contribution in [0.3, 0.4) is 0 Å². The van der Waals surface area contributed by atoms with Crippen LogP contribution in [0.25, 0.3) is 10.9 Å². The van der Waals surface area contributed by atoms with Gasteiger partial charge in [-0.15, -0.1) is 0 Å². The SMILES string of the molecule is C=CC(=O)Nc1cc2c(Nc3cccc(Cl)c3F)ncnc2cc1C#C[C@@]12C[C@@H]1CN(C)C2. The zero-order valence-electron chi connectivity index (χ0n) is 18.0. The van der Waals surface area contributed by atoms with Crippen molar-refractivity contribution < 1.29 is 9.18 Å². The molecule has 8 heteroatoms. The maximum absolute atomic E-state index is 14.4. The molecule has 1 amide bonds. The Morgan fingerprint density at radius 1 is 1.36 bits per heavy atom. The number of halogens is 2. The van der Waals surface area contributed by atoms with Crippen molar-refractivity contribution in [3.63, 3.8) is 0 Å². The molecule has 0 spiro atoms. The van der Waals surface area contributed by atoms with Gasteiger partial charge in [0.15, 0.2) is 5.82 Å². The van der Waals surface area contributed by atoms with Crippen LogP contribution in [0.2, 0.25) is 5.02 Å². The highest BCUT2D eigenvalue weighted by Gasteiger charge is 2.58. The first kappa shape index (κ1) is 21.4. The number of nitrogens with zero attached hydrogens (tertiary/aromatic N) is 3. The molecule has 2 fully saturated rings. The number of aromatic nitrogens is 2. The van der Waals surface area contributed by atoms with E-state index >= 15 is 0 Å². The number of rotatable bonds is 4. The molecule has 2 aliphatic rings. The average Bonchev–Trinajstić information content (AvgIpc) is 3.36. The number of hydrogen-bond donors (Lipinski definition) is 2. The lowest BCUT2D eigenvalue weighted by molar-refractivity contribution is -0.111. The van der Waals surface area contributed by atoms with E-state index in [1.165, 1.54) is 18.5 Å². The molecular weight excluding hydrogens is 441 g/mol. The van der Waals surface area contributed by atoms with Gasteiger partial charge in [-0.2, -0.15) is 0 Å². The second-order valence-electron chi connectivity index (χ2n) is 8.56. The largest absolute Gasteiger partial charge is 0.337 e. The molecule has 1 aliphatic heterocycles. The second-order valence-corrected chi connectivity index (χ2v) is 8.97. The average molecular weight is 462 g/mol. The minimum absolute atomic E-state index is 0.00479. The third-order valence-electron chi connectivity index (χ3n) is 6.18. The number of nitrogens with one attached hydrogen (secondary N) is 2. The van der Waals surface area contributed by atoms with Crippen molar-refractivity contribution in [2.45, 2.75) is 6.42 Å². The molecule has 3 aromatic rings. The van der Waals surface area contributed by atoms with Crippen LogP contribution in [0.4, 0.5) is 21.6 Å². The molecular formula is C25H21ClFN5O. The van der Waals surface area contributed by atoms with Gasteiger partial charge in [-0.05, 0) is 49.7 Å². The standard InChI is InChI=1S/C25H21ClFN5O/c1-3-22(33)30-20-10-17-21(9-15(20)7-8-25-11-16(25)12-32(2)13-25)28-14-29-24(17)31-19-6-4-5-18(26)23(19)27/h3-6,9-10,14,16H,1,11-13H2,2H3,(H,30,33)(H,28,29,31)/t16-,25+/m1/s1. The van der Waals surface area contributed by atoms with Crippen LogP contribution >= 0.6 is 11.6 Å². The van der Waals surface area contributed by atoms with Gasteiger partial charge in [0, 0.05) is 23.9 Å². The summed E-state index contributed by atoms with van der Waals surface area (Å²) in [5.74, 6) is 6.79. The van der Waals surface area contributed by atoms with Crippen LogP contribution in [0.15, 0.2) is 49.3 Å². The van der Waals surface area contributed by atoms with Gasteiger partial charge in [-0.3, -0.25) is 4.79 Å². The van der Waals surface area contributed by atoms with Crippen molar-refractivity contribution in [1.82, 2.24) is 14.9 Å². The smallest absolute Gasteiger partial charge is 0.247 e. The predicted octanol–water partition coefficient (Wildman–Crippen LogP) is 4.59. The lowest BCUT2D eigenvalue weighted by Gasteiger charge is -2.13. The Labute approximate surface area is 195 Å². The van der Waals surface area contributed by atoms with Crippen molar-refractivity contribution in [3.05, 3.63) is 65.7 Å². The Kier molecular flexibility index (Phi) is 5.28. The van der Waals surface area contributed by atoms with E-state index in [2.05, 4.69) is 51.0 Å². The van der Waals surface area contributed by atoms with Crippen LogP contribution in [0, 0.1) is 29.0 Å². The Hall–Kier alpha value is -3.47. The van der Waals surface area contributed by atoms with Gasteiger partial charge in [-0.25, -0.2) is 14.4 Å². The topological polar surface area (TPSA) is 70.1 Å². The van der Waals surface area contributed by atoms with Crippen molar-refractivity contribution in [2.75, 3.05) is 30.8 Å². The second kappa shape index (κ2) is 8.14. The van der Waals surface area contributed by atoms with E-state index in [0.717, 1.165) is 19.5 Å². The minimum Gasteiger partial charge on any atom is -0.337 e. The van der Waals surface area contributed by atoms with Crippen LogP contribution in [0.5, 0.6) is 0 Å². The van der Waals surface area contributed by atoms with Crippen LogP contribution in [-0.4, -0.2) is 40.9 Å². The summed E-state index contributed by atoms with van der Waals surface area (Å²) in [6, 6.07) is 8.24. The molecule has 1 saturated heterocycles. The van der Waals surface area contributed by atoms with E-state index in [4.69, 9.17) is 11.6 Å². The van der Waals surface area contributed by atoms with Crippen molar-refractivity contribution in [1.29, 1.82) is 0 Å². The van der Waals surface area contributed by atoms with Gasteiger partial charge < -0.3 is 15.5 Å². The van der Waals surface area contributed by atoms with Crippen LogP contribution < -0.4 is 10.6 Å². The van der Waals surface area contributed by atoms with Crippen molar-refractivity contribution in [3.8, 4) is 11.8 Å². The molecule has 2 heterocycles. The summed E-state index contributed by atoms with van der Waals surface area (Å²) in [5.41, 5.74) is 2.01. The Balaban J connectivity index is 1.57. The van der Waals surface area contributed by atoms with Gasteiger partial charge in [0.1, 0.15) is 12.1 Å². The monoisotopic (exact) mass is 461 g/mol. The summed E-state index contributed by atoms with van der Waals surface area (Å²) >= 11 is 5.91. The number of likely N-dealkylation sites (tertiary alicyclic amines) is 1. The van der Waals surface area contributed by atoms with E-state index in [0.29, 0.717) is 33.9 Å². The number of amides is 1. The number of anilines is 3. The van der Waals surface area contributed by atoms with E-state index in [1.807, 2.05) is 6.07 Å². The van der Waals surface area contributed by atoms with Crippen LogP contribution in [-0.2, 0) is 4.79 Å². The molecule has 1 aliphatic carbocycles. The van der Waals surface area contributed by atoms with Crippen LogP contribution in [0.1, 0.15) is 12.0 Å². The van der Waals surface area contributed by atoms with Crippen molar-refractivity contribution in [2.24, 2.45) is 11.3 Å². The zero-order chi connectivity index (χ0) is 23.2. The maximum Gasteiger partial charge on any atom is 0.247 e. The highest BCUT2D eigenvalue weighted by atomic mass is 35.5. The summed E-state index contributed by atoms with van der Waals surface area (Å²) < 4.78 is 14.4. The molecule has 0 unspecified atom stereocenters. The van der Waals surface area contributed by atoms with E-state index in [9.17, 15) is 9.18 Å². The van der Waals surface area contributed by atoms with Crippen molar-refractivity contribution >= 4 is 45.6 Å². The first-order valence-corrected chi connectivity index (χ1v) is 10.9. The number of hydrogen-bond acceptors (Lipinski definition) is 5. The molecule has 1 saturated carbocycles. The summed E-state index contributed by atoms with van der Waals surface area (Å²) in [4.78, 5) is 23.0. The molecule has 2 N–H and O–H groups in total. The zero-order valence-corrected chi connectivity index (χ0v) is 18.7. The first-order chi connectivity index (χ1) is 15.9. The Morgan fingerprint density at radius 2 is 2.21 bits per heavy atom.